The highest BCUT2D eigenvalue weighted by atomic mass is 28.4. The highest BCUT2D eigenvalue weighted by Gasteiger charge is 2.55. The van der Waals surface area contributed by atoms with E-state index in [2.05, 4.69) is 4.43 Å². The molecule has 0 aliphatic rings. The summed E-state index contributed by atoms with van der Waals surface area (Å²) >= 11 is 0. The van der Waals surface area contributed by atoms with Gasteiger partial charge in [0.1, 0.15) is 0 Å². The minimum Gasteiger partial charge on any atom is -0.510 e. The molecule has 0 saturated heterocycles. The maximum Gasteiger partial charge on any atom is 0.424 e. The lowest BCUT2D eigenvalue weighted by molar-refractivity contribution is -0.176. The van der Waals surface area contributed by atoms with Gasteiger partial charge in [-0.15, -0.1) is 0 Å². The first kappa shape index (κ1) is 23.8. The molecule has 0 aliphatic carbocycles. The van der Waals surface area contributed by atoms with E-state index in [1.807, 2.05) is 0 Å². The lowest BCUT2D eigenvalue weighted by atomic mass is 10.2. The molecule has 0 aromatic heterocycles. The van der Waals surface area contributed by atoms with Crippen LogP contribution in [0.1, 0.15) is 0 Å². The van der Waals surface area contributed by atoms with E-state index in [-0.39, 0.29) is 0 Å². The number of alkyl halides is 6. The quantitative estimate of drug-likeness (QED) is 0.220. The fraction of sp³-hybridized carbons (Fsp3) is 0.308. The van der Waals surface area contributed by atoms with Crippen molar-refractivity contribution in [2.45, 2.75) is 25.4 Å². The van der Waals surface area contributed by atoms with Gasteiger partial charge in [-0.2, -0.15) is 30.7 Å². The minimum atomic E-state index is -6.41. The molecule has 0 saturated carbocycles. The van der Waals surface area contributed by atoms with Gasteiger partial charge in [-0.1, -0.05) is 0 Å². The monoisotopic (exact) mass is 450 g/mol. The summed E-state index contributed by atoms with van der Waals surface area (Å²) in [6.07, 6.45) is -12.8. The van der Waals surface area contributed by atoms with Gasteiger partial charge < -0.3 is 4.43 Å². The second kappa shape index (κ2) is 7.33. The lowest BCUT2D eigenvalue weighted by Crippen LogP contribution is -2.51. The molecule has 1 rings (SSSR count). The summed E-state index contributed by atoms with van der Waals surface area (Å²) in [5.74, 6) is -19.1. The molecule has 0 bridgehead atoms. The summed E-state index contributed by atoms with van der Waals surface area (Å²) in [6, 6.07) is 0. The average molecular weight is 450 g/mol. The Morgan fingerprint density at radius 3 is 1.39 bits per heavy atom. The number of hydrogen-bond acceptors (Lipinski definition) is 2. The molecule has 0 radical (unpaired) electrons. The Labute approximate surface area is 148 Å². The number of rotatable bonds is 3. The highest BCUT2D eigenvalue weighted by molar-refractivity contribution is 6.85. The standard InChI is InChI=1S/C13H6F12O2Si/c1-28(2,9-6(17)4(15)3(14)5(16)7(9)18)27-11(26)8(19)10(12(20,21)22)13(23,24)25/h1-2H3. The first-order valence-corrected chi connectivity index (χ1v) is 9.54. The maximum atomic E-state index is 13.7. The zero-order valence-corrected chi connectivity index (χ0v) is 14.4. The zero-order valence-electron chi connectivity index (χ0n) is 13.4. The van der Waals surface area contributed by atoms with Crippen LogP contribution in [0.3, 0.4) is 0 Å². The molecule has 0 heterocycles. The number of hydrogen-bond donors (Lipinski definition) is 0. The lowest BCUT2D eigenvalue weighted by Gasteiger charge is -2.25. The second-order valence-corrected chi connectivity index (χ2v) is 9.25. The van der Waals surface area contributed by atoms with Crippen LogP contribution in [-0.4, -0.2) is 26.6 Å². The van der Waals surface area contributed by atoms with Crippen LogP contribution in [-0.2, 0) is 9.22 Å². The third-order valence-electron chi connectivity index (χ3n) is 3.13. The van der Waals surface area contributed by atoms with E-state index in [1.165, 1.54) is 0 Å². The molecule has 0 N–H and O–H groups in total. The summed E-state index contributed by atoms with van der Waals surface area (Å²) in [5, 5.41) is -1.79. The average Bonchev–Trinajstić information content (AvgIpc) is 2.47. The van der Waals surface area contributed by atoms with Crippen LogP contribution >= 0.6 is 0 Å². The molecule has 1 aromatic rings. The van der Waals surface area contributed by atoms with Crippen LogP contribution in [0.25, 0.3) is 0 Å². The summed E-state index contributed by atoms with van der Waals surface area (Å²) < 4.78 is 159. The van der Waals surface area contributed by atoms with E-state index in [0.29, 0.717) is 13.1 Å². The number of benzene rings is 1. The van der Waals surface area contributed by atoms with E-state index in [9.17, 15) is 57.5 Å². The molecule has 0 spiro atoms. The van der Waals surface area contributed by atoms with Crippen molar-refractivity contribution in [2.75, 3.05) is 0 Å². The molecular weight excluding hydrogens is 444 g/mol. The number of halogens is 12. The maximum absolute atomic E-state index is 13.7. The van der Waals surface area contributed by atoms with Gasteiger partial charge >= 0.3 is 18.3 Å². The largest absolute Gasteiger partial charge is 0.510 e. The molecule has 2 nitrogen and oxygen atoms in total. The van der Waals surface area contributed by atoms with E-state index in [0.717, 1.165) is 0 Å². The Balaban J connectivity index is 3.53. The summed E-state index contributed by atoms with van der Waals surface area (Å²) in [7, 11) is -4.80. The topological polar surface area (TPSA) is 26.3 Å². The molecule has 15 heteroatoms. The van der Waals surface area contributed by atoms with Crippen molar-refractivity contribution >= 4 is 19.5 Å². The van der Waals surface area contributed by atoms with Gasteiger partial charge in [0.15, 0.2) is 28.8 Å². The minimum absolute atomic E-state index is 0.483. The fourth-order valence-corrected chi connectivity index (χ4v) is 3.90. The van der Waals surface area contributed by atoms with Gasteiger partial charge in [0, 0.05) is 0 Å². The predicted molar refractivity (Wildman–Crippen MR) is 69.7 cm³/mol. The van der Waals surface area contributed by atoms with E-state index < -0.39 is 72.3 Å². The van der Waals surface area contributed by atoms with Crippen molar-refractivity contribution in [3.63, 3.8) is 0 Å². The number of allylic oxidation sites excluding steroid dienone is 1. The van der Waals surface area contributed by atoms with E-state index in [4.69, 9.17) is 0 Å². The fourth-order valence-electron chi connectivity index (χ4n) is 1.97. The third-order valence-corrected chi connectivity index (χ3v) is 5.46. The van der Waals surface area contributed by atoms with Crippen molar-refractivity contribution in [3.8, 4) is 0 Å². The molecule has 0 atom stereocenters. The summed E-state index contributed by atoms with van der Waals surface area (Å²) in [6.45, 7) is 0.967. The van der Waals surface area contributed by atoms with Crippen LogP contribution in [0, 0.1) is 29.1 Å². The second-order valence-electron chi connectivity index (χ2n) is 5.53. The number of carbonyl (C=O) groups excluding carboxylic acids is 1. The van der Waals surface area contributed by atoms with Crippen LogP contribution < -0.4 is 5.19 Å². The van der Waals surface area contributed by atoms with Crippen molar-refractivity contribution in [3.05, 3.63) is 40.5 Å². The van der Waals surface area contributed by atoms with Crippen LogP contribution in [0.2, 0.25) is 13.1 Å². The van der Waals surface area contributed by atoms with Crippen molar-refractivity contribution in [1.29, 1.82) is 0 Å². The Morgan fingerprint density at radius 2 is 1.07 bits per heavy atom. The van der Waals surface area contributed by atoms with Crippen molar-refractivity contribution < 1.29 is 61.9 Å². The van der Waals surface area contributed by atoms with Crippen molar-refractivity contribution in [2.24, 2.45) is 0 Å². The van der Waals surface area contributed by atoms with Crippen LogP contribution in [0.5, 0.6) is 0 Å². The molecule has 0 unspecified atom stereocenters. The highest BCUT2D eigenvalue weighted by Crippen LogP contribution is 2.41. The van der Waals surface area contributed by atoms with Gasteiger partial charge in [-0.25, -0.2) is 26.7 Å². The number of carbonyl (C=O) groups is 1. The first-order chi connectivity index (χ1) is 12.3. The van der Waals surface area contributed by atoms with Gasteiger partial charge in [0.2, 0.25) is 11.6 Å². The molecule has 0 aliphatic heterocycles. The van der Waals surface area contributed by atoms with Gasteiger partial charge in [-0.3, -0.25) is 0 Å². The first-order valence-electron chi connectivity index (χ1n) is 6.63. The molecule has 1 aromatic carbocycles. The van der Waals surface area contributed by atoms with Crippen LogP contribution in [0.4, 0.5) is 52.7 Å². The third kappa shape index (κ3) is 4.44. The SMILES string of the molecule is C[Si](C)(OC(=O)C(F)=C(C(F)(F)F)C(F)(F)F)c1c(F)c(F)c(F)c(F)c1F. The smallest absolute Gasteiger partial charge is 0.424 e. The zero-order chi connectivity index (χ0) is 22.4. The van der Waals surface area contributed by atoms with Crippen molar-refractivity contribution in [1.82, 2.24) is 0 Å². The van der Waals surface area contributed by atoms with E-state index >= 15 is 0 Å². The molecule has 0 fully saturated rings. The van der Waals surface area contributed by atoms with Gasteiger partial charge in [0.05, 0.1) is 5.19 Å². The predicted octanol–water partition coefficient (Wildman–Crippen LogP) is 4.69. The Bertz CT molecular complexity index is 792. The van der Waals surface area contributed by atoms with E-state index in [1.54, 1.807) is 0 Å². The Hall–Kier alpha value is -2.19. The normalized spacial score (nSPS) is 12.8. The summed E-state index contributed by atoms with van der Waals surface area (Å²) in [4.78, 5) is 11.4. The van der Waals surface area contributed by atoms with Crippen LogP contribution in [0.15, 0.2) is 11.4 Å². The molecule has 28 heavy (non-hydrogen) atoms. The van der Waals surface area contributed by atoms with Gasteiger partial charge in [-0.05, 0) is 13.1 Å². The molecular formula is C13H6F12O2Si. The Kier molecular flexibility index (Phi) is 6.24. The molecule has 158 valence electrons. The summed E-state index contributed by atoms with van der Waals surface area (Å²) in [5.41, 5.74) is -3.90. The van der Waals surface area contributed by atoms with Gasteiger partial charge in [0.25, 0.3) is 8.32 Å². The molecule has 0 amide bonds. The Morgan fingerprint density at radius 1 is 0.750 bits per heavy atom.